The molecule has 20 heavy (non-hydrogen) atoms. The summed E-state index contributed by atoms with van der Waals surface area (Å²) in [6, 6.07) is 3.50. The molecular formula is C14H24N2O3S. The summed E-state index contributed by atoms with van der Waals surface area (Å²) < 4.78 is 32.7. The monoisotopic (exact) mass is 300 g/mol. The molecular weight excluding hydrogens is 276 g/mol. The second-order valence-corrected chi connectivity index (χ2v) is 7.32. The summed E-state index contributed by atoms with van der Waals surface area (Å²) in [6.45, 7) is 7.87. The maximum atomic E-state index is 12.5. The van der Waals surface area contributed by atoms with E-state index in [1.54, 1.807) is 33.9 Å². The zero-order valence-corrected chi connectivity index (χ0v) is 13.6. The smallest absolute Gasteiger partial charge is 0.241 e. The van der Waals surface area contributed by atoms with Gasteiger partial charge < -0.3 is 10.5 Å². The lowest BCUT2D eigenvalue weighted by atomic mass is 10.1. The van der Waals surface area contributed by atoms with Gasteiger partial charge in [-0.3, -0.25) is 0 Å². The molecule has 6 heteroatoms. The van der Waals surface area contributed by atoms with Gasteiger partial charge in [0.2, 0.25) is 10.0 Å². The number of ether oxygens (including phenoxy) is 1. The Balaban J connectivity index is 3.22. The molecule has 0 saturated carbocycles. The van der Waals surface area contributed by atoms with Crippen molar-refractivity contribution in [3.63, 3.8) is 0 Å². The molecule has 1 aromatic rings. The lowest BCUT2D eigenvalue weighted by Gasteiger charge is -2.25. The third-order valence-electron chi connectivity index (χ3n) is 3.06. The van der Waals surface area contributed by atoms with Gasteiger partial charge in [0.1, 0.15) is 0 Å². The van der Waals surface area contributed by atoms with Gasteiger partial charge in [-0.2, -0.15) is 0 Å². The number of hydrogen-bond donors (Lipinski definition) is 2. The Morgan fingerprint density at radius 1 is 1.25 bits per heavy atom. The summed E-state index contributed by atoms with van der Waals surface area (Å²) in [5.41, 5.74) is 7.52. The average molecular weight is 300 g/mol. The van der Waals surface area contributed by atoms with E-state index in [1.807, 2.05) is 13.0 Å². The van der Waals surface area contributed by atoms with Crippen LogP contribution in [0.2, 0.25) is 0 Å². The molecule has 0 fully saturated rings. The number of methoxy groups -OCH3 is 1. The van der Waals surface area contributed by atoms with Crippen molar-refractivity contribution in [1.29, 1.82) is 0 Å². The van der Waals surface area contributed by atoms with Crippen molar-refractivity contribution in [3.05, 3.63) is 28.8 Å². The lowest BCUT2D eigenvalue weighted by Crippen LogP contribution is -2.46. The molecule has 0 aliphatic carbocycles. The fourth-order valence-corrected chi connectivity index (χ4v) is 3.87. The number of nitrogens with two attached hydrogens (primary N) is 1. The van der Waals surface area contributed by atoms with Crippen LogP contribution in [0, 0.1) is 13.8 Å². The zero-order valence-electron chi connectivity index (χ0n) is 12.8. The van der Waals surface area contributed by atoms with Crippen molar-refractivity contribution in [3.8, 4) is 0 Å². The molecule has 0 atom stereocenters. The Kier molecular flexibility index (Phi) is 5.32. The first-order valence-corrected chi connectivity index (χ1v) is 7.94. The second-order valence-electron chi connectivity index (χ2n) is 5.67. The van der Waals surface area contributed by atoms with E-state index in [-0.39, 0.29) is 4.90 Å². The van der Waals surface area contributed by atoms with Crippen LogP contribution in [0.25, 0.3) is 0 Å². The van der Waals surface area contributed by atoms with Crippen molar-refractivity contribution in [2.75, 3.05) is 13.7 Å². The van der Waals surface area contributed by atoms with E-state index >= 15 is 0 Å². The normalized spacial score (nSPS) is 12.7. The molecule has 0 radical (unpaired) electrons. The molecule has 5 nitrogen and oxygen atoms in total. The Bertz CT molecular complexity index is 580. The van der Waals surface area contributed by atoms with E-state index in [9.17, 15) is 8.42 Å². The maximum absolute atomic E-state index is 12.5. The van der Waals surface area contributed by atoms with Gasteiger partial charge in [-0.1, -0.05) is 6.07 Å². The highest BCUT2D eigenvalue weighted by Gasteiger charge is 2.27. The molecule has 1 aromatic carbocycles. The van der Waals surface area contributed by atoms with E-state index in [0.29, 0.717) is 18.7 Å². The number of sulfonamides is 1. The van der Waals surface area contributed by atoms with Crippen LogP contribution in [-0.2, 0) is 21.3 Å². The lowest BCUT2D eigenvalue weighted by molar-refractivity contribution is 0.141. The van der Waals surface area contributed by atoms with Crippen molar-refractivity contribution in [2.24, 2.45) is 5.73 Å². The van der Waals surface area contributed by atoms with E-state index < -0.39 is 15.6 Å². The zero-order chi connectivity index (χ0) is 15.6. The van der Waals surface area contributed by atoms with Crippen LogP contribution in [0.3, 0.4) is 0 Å². The fourth-order valence-electron chi connectivity index (χ4n) is 2.19. The topological polar surface area (TPSA) is 81.4 Å². The van der Waals surface area contributed by atoms with Crippen LogP contribution in [-0.4, -0.2) is 27.7 Å². The van der Waals surface area contributed by atoms with Crippen LogP contribution in [0.4, 0.5) is 0 Å². The van der Waals surface area contributed by atoms with Crippen LogP contribution in [0.1, 0.15) is 30.5 Å². The van der Waals surface area contributed by atoms with Crippen LogP contribution in [0.5, 0.6) is 0 Å². The maximum Gasteiger partial charge on any atom is 0.241 e. The van der Waals surface area contributed by atoms with Crippen molar-refractivity contribution in [1.82, 2.24) is 4.72 Å². The molecule has 3 N–H and O–H groups in total. The molecule has 0 unspecified atom stereocenters. The van der Waals surface area contributed by atoms with E-state index in [1.165, 1.54) is 0 Å². The molecule has 0 amide bonds. The summed E-state index contributed by atoms with van der Waals surface area (Å²) in [5.74, 6) is 0. The third kappa shape index (κ3) is 4.02. The number of benzene rings is 1. The summed E-state index contributed by atoms with van der Waals surface area (Å²) >= 11 is 0. The highest BCUT2D eigenvalue weighted by molar-refractivity contribution is 7.89. The van der Waals surface area contributed by atoms with Gasteiger partial charge >= 0.3 is 0 Å². The quantitative estimate of drug-likeness (QED) is 0.833. The average Bonchev–Trinajstić information content (AvgIpc) is 2.26. The summed E-state index contributed by atoms with van der Waals surface area (Å²) in [5, 5.41) is 0. The molecule has 114 valence electrons. The van der Waals surface area contributed by atoms with Gasteiger partial charge in [0.15, 0.2) is 0 Å². The van der Waals surface area contributed by atoms with Crippen molar-refractivity contribution in [2.45, 2.75) is 44.7 Å². The minimum absolute atomic E-state index is 0.271. The minimum Gasteiger partial charge on any atom is -0.383 e. The molecule has 1 rings (SSSR count). The first kappa shape index (κ1) is 17.1. The highest BCUT2D eigenvalue weighted by Crippen LogP contribution is 2.22. The Morgan fingerprint density at radius 3 is 2.35 bits per heavy atom. The van der Waals surface area contributed by atoms with Crippen LogP contribution < -0.4 is 10.5 Å². The molecule has 0 aliphatic heterocycles. The highest BCUT2D eigenvalue weighted by atomic mass is 32.2. The molecule has 0 aliphatic rings. The van der Waals surface area contributed by atoms with E-state index in [4.69, 9.17) is 10.5 Å². The number of rotatable bonds is 6. The Morgan fingerprint density at radius 2 is 1.85 bits per heavy atom. The minimum atomic E-state index is -3.61. The fraction of sp³-hybridized carbons (Fsp3) is 0.571. The molecule has 0 bridgehead atoms. The number of nitrogens with one attached hydrogen (secondary N) is 1. The molecule has 0 aromatic heterocycles. The largest absolute Gasteiger partial charge is 0.383 e. The van der Waals surface area contributed by atoms with E-state index in [2.05, 4.69) is 4.72 Å². The first-order valence-electron chi connectivity index (χ1n) is 6.46. The second kappa shape index (κ2) is 6.22. The van der Waals surface area contributed by atoms with E-state index in [0.717, 1.165) is 11.1 Å². The number of aryl methyl sites for hydroxylation is 2. The third-order valence-corrected chi connectivity index (χ3v) is 4.90. The van der Waals surface area contributed by atoms with Gasteiger partial charge in [0.05, 0.1) is 17.0 Å². The first-order chi connectivity index (χ1) is 9.13. The van der Waals surface area contributed by atoms with Gasteiger partial charge in [-0.05, 0) is 50.5 Å². The SMILES string of the molecule is COCC(C)(C)NS(=O)(=O)c1cc(CN)c(C)cc1C. The number of hydrogen-bond acceptors (Lipinski definition) is 4. The van der Waals surface area contributed by atoms with Crippen molar-refractivity contribution < 1.29 is 13.2 Å². The van der Waals surface area contributed by atoms with Crippen LogP contribution >= 0.6 is 0 Å². The van der Waals surface area contributed by atoms with Crippen molar-refractivity contribution >= 4 is 10.0 Å². The predicted molar refractivity (Wildman–Crippen MR) is 80.1 cm³/mol. The Hall–Kier alpha value is -0.950. The summed E-state index contributed by atoms with van der Waals surface area (Å²) in [6.07, 6.45) is 0. The Labute approximate surface area is 121 Å². The summed E-state index contributed by atoms with van der Waals surface area (Å²) in [4.78, 5) is 0.271. The standard InChI is InChI=1S/C14H24N2O3S/c1-10-6-11(2)13(7-12(10)8-15)20(17,18)16-14(3,4)9-19-5/h6-7,16H,8-9,15H2,1-5H3. The summed E-state index contributed by atoms with van der Waals surface area (Å²) in [7, 11) is -2.06. The predicted octanol–water partition coefficient (Wildman–Crippen LogP) is 1.47. The van der Waals surface area contributed by atoms with Crippen LogP contribution in [0.15, 0.2) is 17.0 Å². The molecule has 0 spiro atoms. The molecule has 0 heterocycles. The van der Waals surface area contributed by atoms with Gasteiger partial charge in [0.25, 0.3) is 0 Å². The van der Waals surface area contributed by atoms with Gasteiger partial charge in [0, 0.05) is 13.7 Å². The molecule has 0 saturated heterocycles. The van der Waals surface area contributed by atoms with Gasteiger partial charge in [-0.25, -0.2) is 13.1 Å². The van der Waals surface area contributed by atoms with Gasteiger partial charge in [-0.15, -0.1) is 0 Å².